The van der Waals surface area contributed by atoms with E-state index in [1.54, 1.807) is 0 Å². The van der Waals surface area contributed by atoms with E-state index in [0.29, 0.717) is 6.04 Å². The van der Waals surface area contributed by atoms with Crippen molar-refractivity contribution in [2.45, 2.75) is 52.6 Å². The molecule has 1 aliphatic heterocycles. The van der Waals surface area contributed by atoms with Gasteiger partial charge in [-0.2, -0.15) is 0 Å². The first-order valence-electron chi connectivity index (χ1n) is 10.4. The Labute approximate surface area is 186 Å². The Kier molecular flexibility index (Phi) is 9.50. The molecule has 1 atom stereocenters. The minimum Gasteiger partial charge on any atom is -0.357 e. The first-order chi connectivity index (χ1) is 13.2. The zero-order valence-electron chi connectivity index (χ0n) is 17.4. The molecule has 1 aromatic carbocycles. The van der Waals surface area contributed by atoms with E-state index in [1.165, 1.54) is 24.9 Å². The van der Waals surface area contributed by atoms with Crippen LogP contribution in [-0.2, 0) is 6.54 Å². The first-order valence-corrected chi connectivity index (χ1v) is 10.4. The van der Waals surface area contributed by atoms with E-state index in [1.807, 2.05) is 6.07 Å². The molecule has 6 nitrogen and oxygen atoms in total. The molecule has 1 unspecified atom stereocenters. The van der Waals surface area contributed by atoms with Crippen molar-refractivity contribution in [1.29, 1.82) is 0 Å². The normalized spacial score (nSPS) is 17.7. The van der Waals surface area contributed by atoms with E-state index in [4.69, 9.17) is 4.99 Å². The molecule has 2 N–H and O–H groups in total. The highest BCUT2D eigenvalue weighted by atomic mass is 127. The zero-order chi connectivity index (χ0) is 19.1. The smallest absolute Gasteiger partial charge is 0.191 e. The van der Waals surface area contributed by atoms with Crippen LogP contribution in [-0.4, -0.2) is 59.2 Å². The van der Waals surface area contributed by atoms with Crippen LogP contribution in [0.2, 0.25) is 0 Å². The maximum Gasteiger partial charge on any atom is 0.191 e. The molecule has 0 saturated carbocycles. The molecule has 1 fully saturated rings. The lowest BCUT2D eigenvalue weighted by molar-refractivity contribution is 0.273. The molecular formula is C21H35IN6. The molecule has 7 heteroatoms. The highest BCUT2D eigenvalue weighted by Gasteiger charge is 2.22. The van der Waals surface area contributed by atoms with Crippen LogP contribution in [0.3, 0.4) is 0 Å². The molecule has 0 spiro atoms. The van der Waals surface area contributed by atoms with Gasteiger partial charge in [0, 0.05) is 25.7 Å². The first kappa shape index (κ1) is 22.9. The maximum absolute atomic E-state index is 4.83. The topological polar surface area (TPSA) is 57.5 Å². The summed E-state index contributed by atoms with van der Waals surface area (Å²) in [5.74, 6) is 2.02. The number of halogens is 1. The fourth-order valence-electron chi connectivity index (χ4n) is 3.98. The summed E-state index contributed by atoms with van der Waals surface area (Å²) in [6.45, 7) is 12.4. The maximum atomic E-state index is 4.83. The van der Waals surface area contributed by atoms with Gasteiger partial charge in [0.25, 0.3) is 0 Å². The number of para-hydroxylation sites is 2. The molecule has 3 rings (SSSR count). The Morgan fingerprint density at radius 1 is 1.25 bits per heavy atom. The summed E-state index contributed by atoms with van der Waals surface area (Å²) < 4.78 is 2.30. The summed E-state index contributed by atoms with van der Waals surface area (Å²) in [4.78, 5) is 12.0. The van der Waals surface area contributed by atoms with Crippen LogP contribution in [0.4, 0.5) is 0 Å². The third kappa shape index (κ3) is 5.83. The average molecular weight is 498 g/mol. The SMILES string of the molecule is CCNC(=NCC1CCCN1CC)NCCCn1c(C)nc2ccccc21.I. The monoisotopic (exact) mass is 498 g/mol. The Morgan fingerprint density at radius 3 is 2.86 bits per heavy atom. The average Bonchev–Trinajstić information content (AvgIpc) is 3.26. The number of aliphatic imine (C=N–C) groups is 1. The molecule has 0 amide bonds. The van der Waals surface area contributed by atoms with Crippen molar-refractivity contribution in [3.05, 3.63) is 30.1 Å². The van der Waals surface area contributed by atoms with Crippen LogP contribution in [0, 0.1) is 6.92 Å². The summed E-state index contributed by atoms with van der Waals surface area (Å²) in [6, 6.07) is 8.96. The highest BCUT2D eigenvalue weighted by Crippen LogP contribution is 2.17. The molecule has 0 bridgehead atoms. The predicted octanol–water partition coefficient (Wildman–Crippen LogP) is 3.39. The summed E-state index contributed by atoms with van der Waals surface area (Å²) >= 11 is 0. The quantitative estimate of drug-likeness (QED) is 0.254. The number of likely N-dealkylation sites (N-methyl/N-ethyl adjacent to an activating group) is 1. The van der Waals surface area contributed by atoms with Crippen molar-refractivity contribution in [1.82, 2.24) is 25.1 Å². The van der Waals surface area contributed by atoms with E-state index < -0.39 is 0 Å². The molecule has 28 heavy (non-hydrogen) atoms. The fourth-order valence-corrected chi connectivity index (χ4v) is 3.98. The van der Waals surface area contributed by atoms with E-state index in [-0.39, 0.29) is 24.0 Å². The molecule has 0 aliphatic carbocycles. The van der Waals surface area contributed by atoms with Gasteiger partial charge >= 0.3 is 0 Å². The predicted molar refractivity (Wildman–Crippen MR) is 129 cm³/mol. The van der Waals surface area contributed by atoms with E-state index >= 15 is 0 Å². The van der Waals surface area contributed by atoms with Crippen LogP contribution in [0.25, 0.3) is 11.0 Å². The summed E-state index contributed by atoms with van der Waals surface area (Å²) in [5, 5.41) is 6.87. The third-order valence-electron chi connectivity index (χ3n) is 5.41. The van der Waals surface area contributed by atoms with Crippen molar-refractivity contribution >= 4 is 41.0 Å². The van der Waals surface area contributed by atoms with Gasteiger partial charge in [-0.25, -0.2) is 4.98 Å². The standard InChI is InChI=1S/C21H34N6.HI/c1-4-22-21(24-16-18-10-8-14-26(18)5-2)23-13-9-15-27-17(3)25-19-11-6-7-12-20(19)27;/h6-7,11-12,18H,4-5,8-10,13-16H2,1-3H3,(H2,22,23,24);1H. The fraction of sp³-hybridized carbons (Fsp3) is 0.619. The molecule has 2 heterocycles. The van der Waals surface area contributed by atoms with E-state index in [9.17, 15) is 0 Å². The number of hydrogen-bond acceptors (Lipinski definition) is 3. The molecule has 2 aromatic rings. The number of likely N-dealkylation sites (tertiary alicyclic amines) is 1. The van der Waals surface area contributed by atoms with Crippen molar-refractivity contribution < 1.29 is 0 Å². The van der Waals surface area contributed by atoms with Crippen LogP contribution >= 0.6 is 24.0 Å². The molecule has 1 aromatic heterocycles. The number of rotatable bonds is 8. The molecule has 0 radical (unpaired) electrons. The second-order valence-corrected chi connectivity index (χ2v) is 7.22. The number of fused-ring (bicyclic) bond motifs is 1. The minimum atomic E-state index is 0. The number of nitrogens with one attached hydrogen (secondary N) is 2. The van der Waals surface area contributed by atoms with Crippen LogP contribution in [0.1, 0.15) is 38.9 Å². The number of nitrogens with zero attached hydrogens (tertiary/aromatic N) is 4. The van der Waals surface area contributed by atoms with Crippen LogP contribution in [0.5, 0.6) is 0 Å². The van der Waals surface area contributed by atoms with Gasteiger partial charge in [-0.3, -0.25) is 9.89 Å². The zero-order valence-corrected chi connectivity index (χ0v) is 19.8. The molecule has 1 saturated heterocycles. The van der Waals surface area contributed by atoms with Crippen LogP contribution in [0.15, 0.2) is 29.3 Å². The van der Waals surface area contributed by atoms with Gasteiger partial charge in [0.05, 0.1) is 17.6 Å². The minimum absolute atomic E-state index is 0. The number of aromatic nitrogens is 2. The summed E-state index contributed by atoms with van der Waals surface area (Å²) in [7, 11) is 0. The van der Waals surface area contributed by atoms with Crippen molar-refractivity contribution in [3.63, 3.8) is 0 Å². The molecule has 1 aliphatic rings. The van der Waals surface area contributed by atoms with Gasteiger partial charge in [0.15, 0.2) is 5.96 Å². The molecular weight excluding hydrogens is 463 g/mol. The Balaban J connectivity index is 0.00000280. The van der Waals surface area contributed by atoms with Crippen molar-refractivity contribution in [3.8, 4) is 0 Å². The number of hydrogen-bond donors (Lipinski definition) is 2. The summed E-state index contributed by atoms with van der Waals surface area (Å²) in [6.07, 6.45) is 3.61. The van der Waals surface area contributed by atoms with Crippen molar-refractivity contribution in [2.24, 2.45) is 4.99 Å². The number of imidazole rings is 1. The molecule has 156 valence electrons. The number of guanidine groups is 1. The second kappa shape index (κ2) is 11.6. The Bertz CT molecular complexity index is 756. The van der Waals surface area contributed by atoms with E-state index in [2.05, 4.69) is 64.1 Å². The van der Waals surface area contributed by atoms with Gasteiger partial charge in [-0.15, -0.1) is 24.0 Å². The number of aryl methyl sites for hydroxylation is 2. The number of benzene rings is 1. The van der Waals surface area contributed by atoms with Gasteiger partial charge in [-0.05, 0) is 58.3 Å². The van der Waals surface area contributed by atoms with Crippen molar-refractivity contribution in [2.75, 3.05) is 32.7 Å². The lowest BCUT2D eigenvalue weighted by atomic mass is 10.2. The largest absolute Gasteiger partial charge is 0.357 e. The lowest BCUT2D eigenvalue weighted by Crippen LogP contribution is -2.39. The Hall–Kier alpha value is -1.35. The Morgan fingerprint density at radius 2 is 2.07 bits per heavy atom. The van der Waals surface area contributed by atoms with Gasteiger partial charge < -0.3 is 15.2 Å². The van der Waals surface area contributed by atoms with Crippen LogP contribution < -0.4 is 10.6 Å². The summed E-state index contributed by atoms with van der Waals surface area (Å²) in [5.41, 5.74) is 2.30. The second-order valence-electron chi connectivity index (χ2n) is 7.22. The van der Waals surface area contributed by atoms with Gasteiger partial charge in [0.1, 0.15) is 5.82 Å². The highest BCUT2D eigenvalue weighted by molar-refractivity contribution is 14.0. The van der Waals surface area contributed by atoms with Gasteiger partial charge in [0.2, 0.25) is 0 Å². The lowest BCUT2D eigenvalue weighted by Gasteiger charge is -2.21. The third-order valence-corrected chi connectivity index (χ3v) is 5.41. The van der Waals surface area contributed by atoms with Gasteiger partial charge in [-0.1, -0.05) is 19.1 Å². The van der Waals surface area contributed by atoms with E-state index in [0.717, 1.165) is 56.4 Å².